The van der Waals surface area contributed by atoms with Gasteiger partial charge >= 0.3 is 5.97 Å². The summed E-state index contributed by atoms with van der Waals surface area (Å²) in [6.45, 7) is 0. The highest BCUT2D eigenvalue weighted by Gasteiger charge is 2.14. The number of methoxy groups -OCH3 is 1. The third-order valence-electron chi connectivity index (χ3n) is 2.18. The molecule has 1 aromatic carbocycles. The zero-order chi connectivity index (χ0) is 13.8. The molecule has 2 rings (SSSR count). The van der Waals surface area contributed by atoms with Crippen LogP contribution in [0, 0.1) is 0 Å². The van der Waals surface area contributed by atoms with Gasteiger partial charge in [0.15, 0.2) is 8.68 Å². The number of aromatic carboxylic acids is 1. The van der Waals surface area contributed by atoms with Gasteiger partial charge in [0.2, 0.25) is 0 Å². The van der Waals surface area contributed by atoms with Crippen molar-refractivity contribution in [1.82, 2.24) is 10.2 Å². The third-order valence-corrected chi connectivity index (χ3v) is 5.19. The van der Waals surface area contributed by atoms with E-state index in [2.05, 4.69) is 10.2 Å². The minimum atomic E-state index is -0.972. The summed E-state index contributed by atoms with van der Waals surface area (Å²) in [5.41, 5.74) is 0.228. The second-order valence-electron chi connectivity index (χ2n) is 3.31. The van der Waals surface area contributed by atoms with E-state index in [0.717, 1.165) is 4.34 Å². The van der Waals surface area contributed by atoms with Crippen LogP contribution >= 0.6 is 34.9 Å². The number of ether oxygens (including phenoxy) is 1. The quantitative estimate of drug-likeness (QED) is 0.850. The van der Waals surface area contributed by atoms with Gasteiger partial charge in [0.05, 0.1) is 12.7 Å². The van der Waals surface area contributed by atoms with Crippen LogP contribution in [-0.4, -0.2) is 34.6 Å². The summed E-state index contributed by atoms with van der Waals surface area (Å²) in [5, 5.41) is 17.2. The lowest BCUT2D eigenvalue weighted by Gasteiger charge is -2.06. The zero-order valence-electron chi connectivity index (χ0n) is 10.1. The van der Waals surface area contributed by atoms with Crippen molar-refractivity contribution in [2.24, 2.45) is 0 Å². The van der Waals surface area contributed by atoms with Gasteiger partial charge in [-0.05, 0) is 24.5 Å². The molecular formula is C11H10N2O3S3. The lowest BCUT2D eigenvalue weighted by molar-refractivity contribution is 0.0693. The molecular weight excluding hydrogens is 304 g/mol. The van der Waals surface area contributed by atoms with Crippen molar-refractivity contribution in [3.05, 3.63) is 23.8 Å². The van der Waals surface area contributed by atoms with E-state index in [1.807, 2.05) is 6.26 Å². The fourth-order valence-corrected chi connectivity index (χ4v) is 3.85. The Kier molecular flexibility index (Phi) is 4.67. The minimum Gasteiger partial charge on any atom is -0.497 e. The number of carboxylic acid groups (broad SMARTS) is 1. The molecule has 0 bridgehead atoms. The summed E-state index contributed by atoms with van der Waals surface area (Å²) in [7, 11) is 1.54. The van der Waals surface area contributed by atoms with E-state index in [-0.39, 0.29) is 5.56 Å². The molecule has 0 saturated carbocycles. The monoisotopic (exact) mass is 314 g/mol. The molecule has 0 spiro atoms. The van der Waals surface area contributed by atoms with Crippen LogP contribution in [-0.2, 0) is 0 Å². The molecule has 8 heteroatoms. The smallest absolute Gasteiger partial charge is 0.336 e. The number of aromatic nitrogens is 2. The van der Waals surface area contributed by atoms with Gasteiger partial charge in [0.1, 0.15) is 5.75 Å². The Morgan fingerprint density at radius 3 is 2.68 bits per heavy atom. The first-order valence-corrected chi connectivity index (χ1v) is 7.96. The summed E-state index contributed by atoms with van der Waals surface area (Å²) in [5.74, 6) is -0.359. The molecule has 0 saturated heterocycles. The first-order chi connectivity index (χ1) is 9.13. The lowest BCUT2D eigenvalue weighted by atomic mass is 10.2. The average molecular weight is 314 g/mol. The predicted molar refractivity (Wildman–Crippen MR) is 75.8 cm³/mol. The number of carbonyl (C=O) groups is 1. The van der Waals surface area contributed by atoms with Crippen molar-refractivity contribution < 1.29 is 14.6 Å². The number of benzene rings is 1. The van der Waals surface area contributed by atoms with E-state index in [9.17, 15) is 4.79 Å². The summed E-state index contributed by atoms with van der Waals surface area (Å²) in [6, 6.07) is 4.84. The van der Waals surface area contributed by atoms with E-state index in [4.69, 9.17) is 9.84 Å². The van der Waals surface area contributed by atoms with Crippen molar-refractivity contribution in [2.75, 3.05) is 13.4 Å². The van der Waals surface area contributed by atoms with Crippen molar-refractivity contribution in [2.45, 2.75) is 13.6 Å². The minimum absolute atomic E-state index is 0.228. The zero-order valence-corrected chi connectivity index (χ0v) is 12.6. The molecule has 1 heterocycles. The van der Waals surface area contributed by atoms with E-state index in [1.54, 1.807) is 19.2 Å². The van der Waals surface area contributed by atoms with Gasteiger partial charge in [0, 0.05) is 4.90 Å². The van der Waals surface area contributed by atoms with Gasteiger partial charge in [-0.3, -0.25) is 0 Å². The van der Waals surface area contributed by atoms with Crippen LogP contribution in [0.5, 0.6) is 5.75 Å². The van der Waals surface area contributed by atoms with Crippen molar-refractivity contribution in [1.29, 1.82) is 0 Å². The Morgan fingerprint density at radius 1 is 1.37 bits per heavy atom. The fourth-order valence-electron chi connectivity index (χ4n) is 1.31. The molecule has 0 aliphatic carbocycles. The standard InChI is InChI=1S/C11H10N2O3S3/c1-16-6-3-4-7(9(14)15)8(5-6)18-11-13-12-10(17-2)19-11/h3-5H,1-2H3,(H,14,15). The van der Waals surface area contributed by atoms with E-state index < -0.39 is 5.97 Å². The second-order valence-corrected chi connectivity index (χ2v) is 6.63. The Balaban J connectivity index is 2.33. The highest BCUT2D eigenvalue weighted by atomic mass is 32.2. The molecule has 100 valence electrons. The lowest BCUT2D eigenvalue weighted by Crippen LogP contribution is -1.99. The molecule has 0 unspecified atom stereocenters. The van der Waals surface area contributed by atoms with E-state index in [1.165, 1.54) is 40.9 Å². The van der Waals surface area contributed by atoms with Crippen LogP contribution in [0.15, 0.2) is 31.8 Å². The normalized spacial score (nSPS) is 10.4. The van der Waals surface area contributed by atoms with Crippen molar-refractivity contribution >= 4 is 40.8 Å². The Bertz CT molecular complexity index is 601. The molecule has 0 aliphatic heterocycles. The number of hydrogen-bond donors (Lipinski definition) is 1. The van der Waals surface area contributed by atoms with E-state index >= 15 is 0 Å². The number of nitrogens with zero attached hydrogens (tertiary/aromatic N) is 2. The highest BCUT2D eigenvalue weighted by Crippen LogP contribution is 2.36. The first-order valence-electron chi connectivity index (χ1n) is 5.10. The maximum atomic E-state index is 11.2. The van der Waals surface area contributed by atoms with Crippen LogP contribution in [0.3, 0.4) is 0 Å². The molecule has 0 atom stereocenters. The Morgan fingerprint density at radius 2 is 2.11 bits per heavy atom. The maximum Gasteiger partial charge on any atom is 0.336 e. The van der Waals surface area contributed by atoms with Crippen LogP contribution < -0.4 is 4.74 Å². The second kappa shape index (κ2) is 6.27. The molecule has 0 fully saturated rings. The molecule has 19 heavy (non-hydrogen) atoms. The molecule has 0 amide bonds. The van der Waals surface area contributed by atoms with Gasteiger partial charge in [-0.2, -0.15) is 0 Å². The topological polar surface area (TPSA) is 72.3 Å². The first kappa shape index (κ1) is 14.2. The third kappa shape index (κ3) is 3.40. The summed E-state index contributed by atoms with van der Waals surface area (Å²) in [4.78, 5) is 11.8. The van der Waals surface area contributed by atoms with Crippen LogP contribution in [0.25, 0.3) is 0 Å². The number of rotatable bonds is 5. The largest absolute Gasteiger partial charge is 0.497 e. The molecule has 1 aromatic heterocycles. The summed E-state index contributed by atoms with van der Waals surface area (Å²) < 4.78 is 6.67. The average Bonchev–Trinajstić information content (AvgIpc) is 2.86. The molecule has 5 nitrogen and oxygen atoms in total. The van der Waals surface area contributed by atoms with Crippen LogP contribution in [0.4, 0.5) is 0 Å². The highest BCUT2D eigenvalue weighted by molar-refractivity contribution is 8.03. The van der Waals surface area contributed by atoms with Crippen LogP contribution in [0.2, 0.25) is 0 Å². The van der Waals surface area contributed by atoms with Gasteiger partial charge in [-0.15, -0.1) is 10.2 Å². The predicted octanol–water partition coefficient (Wildman–Crippen LogP) is 3.12. The van der Waals surface area contributed by atoms with Crippen molar-refractivity contribution in [3.63, 3.8) is 0 Å². The fraction of sp³-hybridized carbons (Fsp3) is 0.182. The number of hydrogen-bond acceptors (Lipinski definition) is 7. The maximum absolute atomic E-state index is 11.2. The number of thioether (sulfide) groups is 1. The van der Waals surface area contributed by atoms with Gasteiger partial charge < -0.3 is 9.84 Å². The Labute approximate surface area is 122 Å². The summed E-state index contributed by atoms with van der Waals surface area (Å²) >= 11 is 4.22. The molecule has 2 aromatic rings. The SMILES string of the molecule is COc1ccc(C(=O)O)c(Sc2nnc(SC)s2)c1. The van der Waals surface area contributed by atoms with Crippen LogP contribution in [0.1, 0.15) is 10.4 Å². The van der Waals surface area contributed by atoms with Gasteiger partial charge in [-0.25, -0.2) is 4.79 Å². The molecule has 0 aliphatic rings. The molecule has 0 radical (unpaired) electrons. The van der Waals surface area contributed by atoms with E-state index in [0.29, 0.717) is 15.0 Å². The molecule has 1 N–H and O–H groups in total. The van der Waals surface area contributed by atoms with Crippen molar-refractivity contribution in [3.8, 4) is 5.75 Å². The Hall–Kier alpha value is -1.25. The van der Waals surface area contributed by atoms with Gasteiger partial charge in [-0.1, -0.05) is 34.9 Å². The number of carboxylic acids is 1. The van der Waals surface area contributed by atoms with Gasteiger partial charge in [0.25, 0.3) is 0 Å². The summed E-state index contributed by atoms with van der Waals surface area (Å²) in [6.07, 6.45) is 1.92.